The van der Waals surface area contributed by atoms with E-state index >= 15 is 0 Å². The molecular weight excluding hydrogens is 258 g/mol. The molecule has 2 aromatic rings. The van der Waals surface area contributed by atoms with E-state index in [-0.39, 0.29) is 0 Å². The fourth-order valence-corrected chi connectivity index (χ4v) is 2.88. The molecule has 0 radical (unpaired) electrons. The van der Waals surface area contributed by atoms with Crippen LogP contribution in [0.3, 0.4) is 0 Å². The number of nitrogens with one attached hydrogen (secondary N) is 1. The predicted octanol–water partition coefficient (Wildman–Crippen LogP) is 4.93. The van der Waals surface area contributed by atoms with Crippen LogP contribution in [-0.4, -0.2) is 6.54 Å². The van der Waals surface area contributed by atoms with E-state index in [1.807, 2.05) is 12.1 Å². The van der Waals surface area contributed by atoms with Crippen LogP contribution in [0, 0.1) is 5.41 Å². The molecular formula is C16H20ClNO. The Bertz CT molecular complexity index is 585. The van der Waals surface area contributed by atoms with Crippen molar-refractivity contribution in [3.63, 3.8) is 0 Å². The molecule has 1 fully saturated rings. The smallest absolute Gasteiger partial charge is 0.152 e. The number of hydrogen-bond donors (Lipinski definition) is 1. The third-order valence-corrected chi connectivity index (χ3v) is 4.43. The summed E-state index contributed by atoms with van der Waals surface area (Å²) in [4.78, 5) is 0. The van der Waals surface area contributed by atoms with E-state index in [2.05, 4.69) is 31.3 Å². The molecule has 0 amide bonds. The average molecular weight is 278 g/mol. The summed E-state index contributed by atoms with van der Waals surface area (Å²) >= 11 is 6.20. The predicted molar refractivity (Wildman–Crippen MR) is 79.6 cm³/mol. The highest BCUT2D eigenvalue weighted by molar-refractivity contribution is 6.34. The van der Waals surface area contributed by atoms with Crippen molar-refractivity contribution in [3.05, 3.63) is 35.0 Å². The van der Waals surface area contributed by atoms with Crippen LogP contribution in [0.4, 0.5) is 0 Å². The first-order chi connectivity index (χ1) is 9.14. The summed E-state index contributed by atoms with van der Waals surface area (Å²) in [5.74, 6) is 1.02. The zero-order valence-electron chi connectivity index (χ0n) is 11.5. The Balaban J connectivity index is 1.98. The van der Waals surface area contributed by atoms with Crippen molar-refractivity contribution in [2.45, 2.75) is 39.2 Å². The Morgan fingerprint density at radius 2 is 2.21 bits per heavy atom. The highest BCUT2D eigenvalue weighted by Gasteiger charge is 2.46. The van der Waals surface area contributed by atoms with Gasteiger partial charge in [-0.1, -0.05) is 37.6 Å². The largest absolute Gasteiger partial charge is 0.458 e. The van der Waals surface area contributed by atoms with Crippen LogP contribution in [0.5, 0.6) is 0 Å². The van der Waals surface area contributed by atoms with Gasteiger partial charge in [0.1, 0.15) is 5.76 Å². The maximum Gasteiger partial charge on any atom is 0.152 e. The van der Waals surface area contributed by atoms with Crippen molar-refractivity contribution in [1.82, 2.24) is 5.32 Å². The van der Waals surface area contributed by atoms with Gasteiger partial charge >= 0.3 is 0 Å². The summed E-state index contributed by atoms with van der Waals surface area (Å²) in [6.07, 6.45) is 3.66. The number of para-hydroxylation sites is 1. The molecule has 1 heterocycles. The fraction of sp³-hybridized carbons (Fsp3) is 0.500. The van der Waals surface area contributed by atoms with Crippen LogP contribution in [0.15, 0.2) is 28.7 Å². The van der Waals surface area contributed by atoms with E-state index in [9.17, 15) is 0 Å². The lowest BCUT2D eigenvalue weighted by Gasteiger charge is -2.22. The Hall–Kier alpha value is -0.990. The van der Waals surface area contributed by atoms with Gasteiger partial charge in [-0.15, -0.1) is 0 Å². The molecule has 2 nitrogen and oxygen atoms in total. The van der Waals surface area contributed by atoms with Crippen molar-refractivity contribution in [2.75, 3.05) is 6.54 Å². The molecule has 19 heavy (non-hydrogen) atoms. The second-order valence-corrected chi connectivity index (χ2v) is 6.26. The molecule has 0 bridgehead atoms. The lowest BCUT2D eigenvalue weighted by Crippen LogP contribution is -2.28. The van der Waals surface area contributed by atoms with E-state index in [0.29, 0.717) is 16.5 Å². The number of rotatable bonds is 5. The number of furan rings is 1. The molecule has 1 aromatic carbocycles. The van der Waals surface area contributed by atoms with Crippen LogP contribution >= 0.6 is 11.6 Å². The second kappa shape index (κ2) is 4.84. The third-order valence-electron chi connectivity index (χ3n) is 4.13. The monoisotopic (exact) mass is 277 g/mol. The van der Waals surface area contributed by atoms with Crippen LogP contribution < -0.4 is 5.32 Å². The molecule has 1 aliphatic rings. The lowest BCUT2D eigenvalue weighted by molar-refractivity contribution is 0.316. The number of halogens is 1. The van der Waals surface area contributed by atoms with Gasteiger partial charge in [0.15, 0.2) is 5.58 Å². The first kappa shape index (κ1) is 13.0. The minimum atomic E-state index is 0.302. The Labute approximate surface area is 119 Å². The van der Waals surface area contributed by atoms with Gasteiger partial charge in [0, 0.05) is 5.39 Å². The summed E-state index contributed by atoms with van der Waals surface area (Å²) in [7, 11) is 0. The summed E-state index contributed by atoms with van der Waals surface area (Å²) in [5, 5.41) is 5.42. The van der Waals surface area contributed by atoms with Crippen molar-refractivity contribution in [2.24, 2.45) is 5.41 Å². The highest BCUT2D eigenvalue weighted by Crippen LogP contribution is 2.55. The Morgan fingerprint density at radius 3 is 2.84 bits per heavy atom. The minimum Gasteiger partial charge on any atom is -0.458 e. The number of benzene rings is 1. The molecule has 1 atom stereocenters. The van der Waals surface area contributed by atoms with Crippen LogP contribution in [-0.2, 0) is 0 Å². The molecule has 1 saturated carbocycles. The summed E-state index contributed by atoms with van der Waals surface area (Å²) < 4.78 is 6.03. The maximum atomic E-state index is 6.20. The van der Waals surface area contributed by atoms with Crippen LogP contribution in [0.2, 0.25) is 5.02 Å². The van der Waals surface area contributed by atoms with Gasteiger partial charge in [-0.25, -0.2) is 0 Å². The van der Waals surface area contributed by atoms with Crippen LogP contribution in [0.1, 0.15) is 44.9 Å². The molecule has 3 rings (SSSR count). The minimum absolute atomic E-state index is 0.302. The van der Waals surface area contributed by atoms with Crippen molar-refractivity contribution < 1.29 is 4.42 Å². The lowest BCUT2D eigenvalue weighted by atomic mass is 9.96. The average Bonchev–Trinajstić information content (AvgIpc) is 2.98. The fourth-order valence-electron chi connectivity index (χ4n) is 2.65. The van der Waals surface area contributed by atoms with Crippen molar-refractivity contribution >= 4 is 22.6 Å². The van der Waals surface area contributed by atoms with Gasteiger partial charge in [-0.2, -0.15) is 0 Å². The molecule has 102 valence electrons. The van der Waals surface area contributed by atoms with E-state index in [0.717, 1.165) is 29.7 Å². The first-order valence-corrected chi connectivity index (χ1v) is 7.43. The zero-order valence-corrected chi connectivity index (χ0v) is 12.3. The Kier molecular flexibility index (Phi) is 3.32. The molecule has 3 heteroatoms. The molecule has 1 aliphatic carbocycles. The molecule has 0 spiro atoms. The highest BCUT2D eigenvalue weighted by atomic mass is 35.5. The first-order valence-electron chi connectivity index (χ1n) is 7.05. The third kappa shape index (κ3) is 2.39. The maximum absolute atomic E-state index is 6.20. The van der Waals surface area contributed by atoms with Crippen molar-refractivity contribution in [1.29, 1.82) is 0 Å². The van der Waals surface area contributed by atoms with Crippen molar-refractivity contribution in [3.8, 4) is 0 Å². The van der Waals surface area contributed by atoms with Gasteiger partial charge in [0.25, 0.3) is 0 Å². The van der Waals surface area contributed by atoms with Gasteiger partial charge in [0.2, 0.25) is 0 Å². The standard InChI is InChI=1S/C16H20ClNO/c1-3-9-18-15(16(2)7-8-16)13-10-11-5-4-6-12(17)14(11)19-13/h4-6,10,15,18H,3,7-9H2,1-2H3. The SMILES string of the molecule is CCCNC(c1cc2cccc(Cl)c2o1)C1(C)CC1. The zero-order chi connectivity index (χ0) is 13.5. The molecule has 1 aromatic heterocycles. The normalized spacial score (nSPS) is 18.7. The van der Waals surface area contributed by atoms with E-state index in [1.165, 1.54) is 12.8 Å². The molecule has 0 aliphatic heterocycles. The van der Waals surface area contributed by atoms with Crippen LogP contribution in [0.25, 0.3) is 11.0 Å². The van der Waals surface area contributed by atoms with Gasteiger partial charge in [-0.05, 0) is 43.4 Å². The summed E-state index contributed by atoms with van der Waals surface area (Å²) in [5.41, 5.74) is 1.15. The number of fused-ring (bicyclic) bond motifs is 1. The van der Waals surface area contributed by atoms with Gasteiger partial charge < -0.3 is 9.73 Å². The molecule has 1 unspecified atom stereocenters. The number of hydrogen-bond acceptors (Lipinski definition) is 2. The van der Waals surface area contributed by atoms with E-state index < -0.39 is 0 Å². The Morgan fingerprint density at radius 1 is 1.42 bits per heavy atom. The van der Waals surface area contributed by atoms with E-state index in [1.54, 1.807) is 0 Å². The topological polar surface area (TPSA) is 25.2 Å². The van der Waals surface area contributed by atoms with Gasteiger partial charge in [0.05, 0.1) is 11.1 Å². The van der Waals surface area contributed by atoms with Gasteiger partial charge in [-0.3, -0.25) is 0 Å². The molecule has 0 saturated heterocycles. The molecule has 1 N–H and O–H groups in total. The quantitative estimate of drug-likeness (QED) is 0.838. The summed E-state index contributed by atoms with van der Waals surface area (Å²) in [6, 6.07) is 8.34. The summed E-state index contributed by atoms with van der Waals surface area (Å²) in [6.45, 7) is 5.54. The van der Waals surface area contributed by atoms with E-state index in [4.69, 9.17) is 16.0 Å². The second-order valence-electron chi connectivity index (χ2n) is 5.85.